The maximum absolute atomic E-state index is 12.5. The standard InChI is InChI=1S/C19H19N5O4/c1-26-14-3-4-15(16(9-14)27-2)21-19(25)24-10-13(11-24)18-22-17(23-28-18)12-5-7-20-8-6-12/h3-9,13H,10-11H2,1-2H3,(H,21,25). The van der Waals surface area contributed by atoms with E-state index in [1.165, 1.54) is 0 Å². The smallest absolute Gasteiger partial charge is 0.321 e. The first-order chi connectivity index (χ1) is 13.7. The number of carbonyl (C=O) groups is 1. The number of urea groups is 1. The van der Waals surface area contributed by atoms with Gasteiger partial charge in [-0.3, -0.25) is 4.98 Å². The van der Waals surface area contributed by atoms with E-state index >= 15 is 0 Å². The molecule has 3 heterocycles. The van der Waals surface area contributed by atoms with E-state index < -0.39 is 0 Å². The van der Waals surface area contributed by atoms with Gasteiger partial charge in [-0.15, -0.1) is 0 Å². The molecule has 1 aromatic carbocycles. The molecule has 0 bridgehead atoms. The molecule has 144 valence electrons. The van der Waals surface area contributed by atoms with Gasteiger partial charge in [-0.1, -0.05) is 5.16 Å². The van der Waals surface area contributed by atoms with Gasteiger partial charge in [-0.2, -0.15) is 4.98 Å². The highest BCUT2D eigenvalue weighted by atomic mass is 16.5. The van der Waals surface area contributed by atoms with Crippen molar-refractivity contribution in [1.82, 2.24) is 20.0 Å². The van der Waals surface area contributed by atoms with Gasteiger partial charge in [-0.25, -0.2) is 4.79 Å². The molecule has 2 amide bonds. The van der Waals surface area contributed by atoms with Crippen molar-refractivity contribution in [3.05, 3.63) is 48.6 Å². The van der Waals surface area contributed by atoms with Gasteiger partial charge in [0, 0.05) is 37.1 Å². The predicted octanol–water partition coefficient (Wildman–Crippen LogP) is 2.78. The Morgan fingerprint density at radius 2 is 1.96 bits per heavy atom. The molecule has 1 aliphatic heterocycles. The number of ether oxygens (including phenoxy) is 2. The monoisotopic (exact) mass is 381 g/mol. The number of nitrogens with zero attached hydrogens (tertiary/aromatic N) is 4. The van der Waals surface area contributed by atoms with Crippen LogP contribution in [0.5, 0.6) is 11.5 Å². The second kappa shape index (κ2) is 7.55. The molecule has 0 spiro atoms. The number of aromatic nitrogens is 3. The second-order valence-electron chi connectivity index (χ2n) is 6.29. The zero-order valence-corrected chi connectivity index (χ0v) is 15.5. The Hall–Kier alpha value is -3.62. The van der Waals surface area contributed by atoms with Gasteiger partial charge in [-0.05, 0) is 24.3 Å². The molecule has 0 aliphatic carbocycles. The molecule has 3 aromatic rings. The molecular weight excluding hydrogens is 362 g/mol. The lowest BCUT2D eigenvalue weighted by Crippen LogP contribution is -2.50. The fraction of sp³-hybridized carbons (Fsp3) is 0.263. The maximum atomic E-state index is 12.5. The van der Waals surface area contributed by atoms with Crippen molar-refractivity contribution in [3.8, 4) is 22.9 Å². The van der Waals surface area contributed by atoms with E-state index in [-0.39, 0.29) is 11.9 Å². The lowest BCUT2D eigenvalue weighted by atomic mass is 10.0. The average molecular weight is 381 g/mol. The van der Waals surface area contributed by atoms with Crippen LogP contribution in [-0.4, -0.2) is 53.4 Å². The van der Waals surface area contributed by atoms with Crippen molar-refractivity contribution in [2.45, 2.75) is 5.92 Å². The molecule has 4 rings (SSSR count). The van der Waals surface area contributed by atoms with Crippen LogP contribution < -0.4 is 14.8 Å². The molecule has 0 saturated carbocycles. The summed E-state index contributed by atoms with van der Waals surface area (Å²) in [5.74, 6) is 2.25. The third kappa shape index (κ3) is 3.46. The Morgan fingerprint density at radius 1 is 1.18 bits per heavy atom. The Labute approximate surface area is 161 Å². The van der Waals surface area contributed by atoms with E-state index in [1.807, 2.05) is 12.1 Å². The summed E-state index contributed by atoms with van der Waals surface area (Å²) in [4.78, 5) is 22.5. The normalized spacial score (nSPS) is 13.7. The van der Waals surface area contributed by atoms with Crippen molar-refractivity contribution in [3.63, 3.8) is 0 Å². The van der Waals surface area contributed by atoms with E-state index in [4.69, 9.17) is 14.0 Å². The van der Waals surface area contributed by atoms with Gasteiger partial charge < -0.3 is 24.2 Å². The third-order valence-corrected chi connectivity index (χ3v) is 4.55. The minimum absolute atomic E-state index is 0.0200. The van der Waals surface area contributed by atoms with E-state index in [1.54, 1.807) is 49.7 Å². The molecule has 0 atom stereocenters. The summed E-state index contributed by atoms with van der Waals surface area (Å²) in [6, 6.07) is 8.64. The number of anilines is 1. The molecule has 0 unspecified atom stereocenters. The Morgan fingerprint density at radius 3 is 2.68 bits per heavy atom. The van der Waals surface area contributed by atoms with Crippen molar-refractivity contribution in [1.29, 1.82) is 0 Å². The SMILES string of the molecule is COc1ccc(NC(=O)N2CC(c3nc(-c4ccncc4)no3)C2)c(OC)c1. The Balaban J connectivity index is 1.37. The predicted molar refractivity (Wildman–Crippen MR) is 100 cm³/mol. The Bertz CT molecular complexity index is 969. The number of benzene rings is 1. The number of methoxy groups -OCH3 is 2. The van der Waals surface area contributed by atoms with Crippen LogP contribution in [0.2, 0.25) is 0 Å². The van der Waals surface area contributed by atoms with Gasteiger partial charge in [0.15, 0.2) is 0 Å². The molecular formula is C19H19N5O4. The van der Waals surface area contributed by atoms with Crippen LogP contribution in [0.3, 0.4) is 0 Å². The van der Waals surface area contributed by atoms with Crippen molar-refractivity contribution >= 4 is 11.7 Å². The highest BCUT2D eigenvalue weighted by Gasteiger charge is 2.36. The van der Waals surface area contributed by atoms with Crippen LogP contribution in [0.4, 0.5) is 10.5 Å². The van der Waals surface area contributed by atoms with Crippen LogP contribution in [0, 0.1) is 0 Å². The third-order valence-electron chi connectivity index (χ3n) is 4.55. The van der Waals surface area contributed by atoms with Gasteiger partial charge in [0.25, 0.3) is 0 Å². The van der Waals surface area contributed by atoms with E-state index in [2.05, 4.69) is 20.4 Å². The summed E-state index contributed by atoms with van der Waals surface area (Å²) in [7, 11) is 3.12. The van der Waals surface area contributed by atoms with Crippen LogP contribution in [0.1, 0.15) is 11.8 Å². The number of pyridine rings is 1. The summed E-state index contributed by atoms with van der Waals surface area (Å²) < 4.78 is 15.8. The summed E-state index contributed by atoms with van der Waals surface area (Å²) in [6.45, 7) is 1.00. The van der Waals surface area contributed by atoms with Gasteiger partial charge in [0.1, 0.15) is 11.5 Å². The van der Waals surface area contributed by atoms with Gasteiger partial charge in [0.05, 0.1) is 25.8 Å². The van der Waals surface area contributed by atoms with Crippen molar-refractivity contribution < 1.29 is 18.8 Å². The number of hydrogen-bond donors (Lipinski definition) is 1. The zero-order chi connectivity index (χ0) is 19.5. The van der Waals surface area contributed by atoms with Crippen LogP contribution in [0.15, 0.2) is 47.2 Å². The summed E-state index contributed by atoms with van der Waals surface area (Å²) in [5, 5.41) is 6.86. The highest BCUT2D eigenvalue weighted by molar-refractivity contribution is 5.91. The van der Waals surface area contributed by atoms with E-state index in [0.717, 1.165) is 5.56 Å². The fourth-order valence-corrected chi connectivity index (χ4v) is 2.92. The first-order valence-electron chi connectivity index (χ1n) is 8.70. The average Bonchev–Trinajstić information content (AvgIpc) is 3.17. The van der Waals surface area contributed by atoms with Crippen LogP contribution in [0.25, 0.3) is 11.4 Å². The molecule has 2 aromatic heterocycles. The number of likely N-dealkylation sites (tertiary alicyclic amines) is 1. The number of carbonyl (C=O) groups excluding carboxylic acids is 1. The molecule has 1 saturated heterocycles. The quantitative estimate of drug-likeness (QED) is 0.725. The minimum atomic E-state index is -0.214. The molecule has 1 aliphatic rings. The van der Waals surface area contributed by atoms with E-state index in [0.29, 0.717) is 42.0 Å². The number of amides is 2. The summed E-state index contributed by atoms with van der Waals surface area (Å²) in [5.41, 5.74) is 1.42. The molecule has 9 heteroatoms. The largest absolute Gasteiger partial charge is 0.497 e. The summed E-state index contributed by atoms with van der Waals surface area (Å²) in [6.07, 6.45) is 3.35. The molecule has 1 fully saturated rings. The molecule has 9 nitrogen and oxygen atoms in total. The fourth-order valence-electron chi connectivity index (χ4n) is 2.92. The minimum Gasteiger partial charge on any atom is -0.497 e. The number of rotatable bonds is 5. The molecule has 0 radical (unpaired) electrons. The van der Waals surface area contributed by atoms with Crippen molar-refractivity contribution in [2.24, 2.45) is 0 Å². The molecule has 1 N–H and O–H groups in total. The zero-order valence-electron chi connectivity index (χ0n) is 15.5. The topological polar surface area (TPSA) is 103 Å². The van der Waals surface area contributed by atoms with E-state index in [9.17, 15) is 4.79 Å². The second-order valence-corrected chi connectivity index (χ2v) is 6.29. The lowest BCUT2D eigenvalue weighted by molar-refractivity contribution is 0.147. The van der Waals surface area contributed by atoms with Gasteiger partial charge >= 0.3 is 6.03 Å². The Kier molecular flexibility index (Phi) is 4.79. The number of nitrogens with one attached hydrogen (secondary N) is 1. The van der Waals surface area contributed by atoms with Gasteiger partial charge in [0.2, 0.25) is 11.7 Å². The van der Waals surface area contributed by atoms with Crippen LogP contribution in [-0.2, 0) is 0 Å². The first kappa shape index (κ1) is 17.8. The number of hydrogen-bond acceptors (Lipinski definition) is 7. The first-order valence-corrected chi connectivity index (χ1v) is 8.70. The maximum Gasteiger partial charge on any atom is 0.321 e. The van der Waals surface area contributed by atoms with Crippen LogP contribution >= 0.6 is 0 Å². The lowest BCUT2D eigenvalue weighted by Gasteiger charge is -2.36. The van der Waals surface area contributed by atoms with Crippen molar-refractivity contribution in [2.75, 3.05) is 32.6 Å². The molecule has 28 heavy (non-hydrogen) atoms. The highest BCUT2D eigenvalue weighted by Crippen LogP contribution is 2.31. The summed E-state index contributed by atoms with van der Waals surface area (Å²) >= 11 is 0.